The summed E-state index contributed by atoms with van der Waals surface area (Å²) in [5, 5.41) is 4.13. The molecule has 2 heteroatoms. The average Bonchev–Trinajstić information content (AvgIpc) is 1.96. The summed E-state index contributed by atoms with van der Waals surface area (Å²) >= 11 is 0. The van der Waals surface area contributed by atoms with E-state index < -0.39 is 0 Å². The molecule has 2 atom stereocenters. The minimum absolute atomic E-state index is 0.519. The molecule has 0 aromatic carbocycles. The fraction of sp³-hybridized carbons (Fsp3) is 1.00. The third kappa shape index (κ3) is 3.72. The van der Waals surface area contributed by atoms with E-state index in [1.54, 1.807) is 0 Å². The van der Waals surface area contributed by atoms with Crippen LogP contribution in [0.5, 0.6) is 0 Å². The molecular formula is C10H25NSi. The molecule has 0 aliphatic carbocycles. The Hall–Kier alpha value is 0.177. The Morgan fingerprint density at radius 2 is 1.83 bits per heavy atom. The first-order chi connectivity index (χ1) is 5.43. The summed E-state index contributed by atoms with van der Waals surface area (Å²) in [6.45, 7) is 12.7. The number of rotatable bonds is 5. The molecule has 2 unspecified atom stereocenters. The molecule has 1 nitrogen and oxygen atoms in total. The maximum absolute atomic E-state index is 3.61. The zero-order valence-electron chi connectivity index (χ0n) is 9.57. The molecule has 0 bridgehead atoms. The fourth-order valence-corrected chi connectivity index (χ4v) is 2.59. The molecule has 0 rings (SSSR count). The minimum atomic E-state index is 0.519. The fourth-order valence-electron chi connectivity index (χ4n) is 1.82. The van der Waals surface area contributed by atoms with Crippen molar-refractivity contribution in [3.63, 3.8) is 0 Å². The van der Waals surface area contributed by atoms with E-state index in [1.165, 1.54) is 16.7 Å². The molecule has 0 aliphatic heterocycles. The van der Waals surface area contributed by atoms with Crippen LogP contribution < -0.4 is 5.32 Å². The molecular weight excluding hydrogens is 162 g/mol. The van der Waals surface area contributed by atoms with Crippen molar-refractivity contribution in [2.24, 2.45) is 5.92 Å². The lowest BCUT2D eigenvalue weighted by molar-refractivity contribution is 0.309. The first-order valence-electron chi connectivity index (χ1n) is 5.16. The maximum atomic E-state index is 3.61. The van der Waals surface area contributed by atoms with Crippen LogP contribution in [0.15, 0.2) is 0 Å². The molecule has 1 N–H and O–H groups in total. The van der Waals surface area contributed by atoms with Crippen molar-refractivity contribution in [3.8, 4) is 0 Å². The zero-order valence-corrected chi connectivity index (χ0v) is 11.6. The van der Waals surface area contributed by atoms with Gasteiger partial charge in [-0.25, -0.2) is 0 Å². The Morgan fingerprint density at radius 3 is 2.08 bits per heavy atom. The topological polar surface area (TPSA) is 12.0 Å². The van der Waals surface area contributed by atoms with Gasteiger partial charge in [0.05, 0.1) is 0 Å². The van der Waals surface area contributed by atoms with Crippen molar-refractivity contribution in [2.75, 3.05) is 6.54 Å². The summed E-state index contributed by atoms with van der Waals surface area (Å²) in [4.78, 5) is 0. The van der Waals surface area contributed by atoms with Gasteiger partial charge >= 0.3 is 0 Å². The van der Waals surface area contributed by atoms with Crippen LogP contribution in [0.4, 0.5) is 0 Å². The molecule has 0 saturated heterocycles. The number of hydrogen-bond donors (Lipinski definition) is 1. The van der Waals surface area contributed by atoms with Crippen LogP contribution in [0.2, 0.25) is 5.04 Å². The standard InChI is InChI=1S/C10H25NSi/c1-6-8(3)9(11-7-2)10(4,5)12/h8-9,11H,6-7H2,1-5,12H3. The molecule has 0 spiro atoms. The number of nitrogens with one attached hydrogen (secondary N) is 1. The van der Waals surface area contributed by atoms with Gasteiger partial charge in [0.15, 0.2) is 0 Å². The van der Waals surface area contributed by atoms with Gasteiger partial charge in [0.25, 0.3) is 0 Å². The first-order valence-corrected chi connectivity index (χ1v) is 6.16. The van der Waals surface area contributed by atoms with Gasteiger partial charge in [-0.1, -0.05) is 41.0 Å². The Morgan fingerprint density at radius 1 is 1.33 bits per heavy atom. The van der Waals surface area contributed by atoms with Crippen molar-refractivity contribution in [2.45, 2.75) is 52.1 Å². The third-order valence-corrected chi connectivity index (χ3v) is 3.19. The maximum Gasteiger partial charge on any atom is 0.0119 e. The van der Waals surface area contributed by atoms with E-state index in [1.807, 2.05) is 0 Å². The lowest BCUT2D eigenvalue weighted by Crippen LogP contribution is -2.42. The summed E-state index contributed by atoms with van der Waals surface area (Å²) in [6.07, 6.45) is 1.28. The Bertz CT molecular complexity index is 117. The Kier molecular flexibility index (Phi) is 5.10. The van der Waals surface area contributed by atoms with Gasteiger partial charge in [0.2, 0.25) is 0 Å². The van der Waals surface area contributed by atoms with E-state index in [4.69, 9.17) is 0 Å². The van der Waals surface area contributed by atoms with Gasteiger partial charge in [-0.15, -0.1) is 0 Å². The Labute approximate surface area is 80.7 Å². The second kappa shape index (κ2) is 5.03. The van der Waals surface area contributed by atoms with E-state index >= 15 is 0 Å². The lowest BCUT2D eigenvalue weighted by atomic mass is 9.89. The predicted octanol–water partition coefficient (Wildman–Crippen LogP) is 1.57. The van der Waals surface area contributed by atoms with Gasteiger partial charge in [-0.3, -0.25) is 0 Å². The van der Waals surface area contributed by atoms with E-state index in [9.17, 15) is 0 Å². The van der Waals surface area contributed by atoms with Crippen molar-refractivity contribution in [3.05, 3.63) is 0 Å². The first kappa shape index (κ1) is 12.2. The molecule has 0 aliphatic rings. The minimum Gasteiger partial charge on any atom is -0.314 e. The summed E-state index contributed by atoms with van der Waals surface area (Å²) < 4.78 is 0. The van der Waals surface area contributed by atoms with Crippen LogP contribution in [0.3, 0.4) is 0 Å². The van der Waals surface area contributed by atoms with E-state index in [-0.39, 0.29) is 0 Å². The highest BCUT2D eigenvalue weighted by Crippen LogP contribution is 2.30. The summed E-state index contributed by atoms with van der Waals surface area (Å²) in [5.41, 5.74) is 0. The van der Waals surface area contributed by atoms with Crippen molar-refractivity contribution < 1.29 is 0 Å². The summed E-state index contributed by atoms with van der Waals surface area (Å²) in [7, 11) is 1.27. The normalized spacial score (nSPS) is 17.8. The molecule has 0 aromatic rings. The van der Waals surface area contributed by atoms with Gasteiger partial charge in [-0.2, -0.15) is 0 Å². The quantitative estimate of drug-likeness (QED) is 0.644. The highest BCUT2D eigenvalue weighted by Gasteiger charge is 2.27. The van der Waals surface area contributed by atoms with Crippen molar-refractivity contribution in [1.29, 1.82) is 0 Å². The van der Waals surface area contributed by atoms with Crippen LogP contribution in [-0.4, -0.2) is 22.8 Å². The highest BCUT2D eigenvalue weighted by molar-refractivity contribution is 6.15. The molecule has 74 valence electrons. The van der Waals surface area contributed by atoms with Gasteiger partial charge in [-0.05, 0) is 17.5 Å². The van der Waals surface area contributed by atoms with Gasteiger partial charge in [0.1, 0.15) is 0 Å². The molecule has 0 fully saturated rings. The number of hydrogen-bond acceptors (Lipinski definition) is 1. The summed E-state index contributed by atoms with van der Waals surface area (Å²) in [5.74, 6) is 0.803. The summed E-state index contributed by atoms with van der Waals surface area (Å²) in [6, 6.07) is 0.708. The second-order valence-electron chi connectivity index (χ2n) is 4.79. The van der Waals surface area contributed by atoms with Gasteiger partial charge in [0, 0.05) is 16.3 Å². The van der Waals surface area contributed by atoms with Crippen LogP contribution in [-0.2, 0) is 0 Å². The van der Waals surface area contributed by atoms with Crippen molar-refractivity contribution in [1.82, 2.24) is 5.32 Å². The molecule has 12 heavy (non-hydrogen) atoms. The average molecular weight is 187 g/mol. The predicted molar refractivity (Wildman–Crippen MR) is 60.9 cm³/mol. The largest absolute Gasteiger partial charge is 0.314 e. The van der Waals surface area contributed by atoms with Crippen LogP contribution in [0.25, 0.3) is 0 Å². The van der Waals surface area contributed by atoms with Crippen LogP contribution >= 0.6 is 0 Å². The van der Waals surface area contributed by atoms with E-state index in [2.05, 4.69) is 39.9 Å². The van der Waals surface area contributed by atoms with Crippen LogP contribution in [0.1, 0.15) is 41.0 Å². The second-order valence-corrected chi connectivity index (χ2v) is 7.36. The monoisotopic (exact) mass is 187 g/mol. The lowest BCUT2D eigenvalue weighted by Gasteiger charge is -2.35. The van der Waals surface area contributed by atoms with Crippen molar-refractivity contribution >= 4 is 10.2 Å². The molecule has 0 amide bonds. The Balaban J connectivity index is 4.22. The zero-order chi connectivity index (χ0) is 9.78. The smallest absolute Gasteiger partial charge is 0.0119 e. The van der Waals surface area contributed by atoms with Crippen LogP contribution in [0, 0.1) is 5.92 Å². The van der Waals surface area contributed by atoms with Gasteiger partial charge < -0.3 is 5.32 Å². The molecule has 0 heterocycles. The highest BCUT2D eigenvalue weighted by atomic mass is 28.1. The molecule has 0 saturated carbocycles. The van der Waals surface area contributed by atoms with E-state index in [0.29, 0.717) is 11.1 Å². The molecule has 0 aromatic heterocycles. The van der Waals surface area contributed by atoms with E-state index in [0.717, 1.165) is 12.5 Å². The molecule has 0 radical (unpaired) electrons. The SMILES string of the molecule is CCNC(C(C)CC)C(C)(C)[SiH3]. The third-order valence-electron chi connectivity index (χ3n) is 2.57.